The van der Waals surface area contributed by atoms with Crippen molar-refractivity contribution in [1.82, 2.24) is 20.3 Å². The number of aryl methyl sites for hydroxylation is 1. The number of amides is 1. The summed E-state index contributed by atoms with van der Waals surface area (Å²) in [5, 5.41) is 21.3. The lowest BCUT2D eigenvalue weighted by atomic mass is 9.92. The van der Waals surface area contributed by atoms with Gasteiger partial charge in [0.1, 0.15) is 19.2 Å². The molecule has 3 N–H and O–H groups in total. The lowest BCUT2D eigenvalue weighted by Crippen LogP contribution is -2.34. The molecule has 1 aromatic carbocycles. The van der Waals surface area contributed by atoms with E-state index in [1.54, 1.807) is 14.0 Å². The minimum Gasteiger partial charge on any atom is -0.504 e. The van der Waals surface area contributed by atoms with E-state index in [4.69, 9.17) is 14.6 Å². The van der Waals surface area contributed by atoms with Crippen LogP contribution in [0.1, 0.15) is 40.4 Å². The number of pyridine rings is 1. The number of nitrogens with one attached hydrogen (secondary N) is 1. The number of ether oxygens (including phenoxy) is 2. The Morgan fingerprint density at radius 1 is 1.10 bits per heavy atom. The quantitative estimate of drug-likeness (QED) is 0.228. The molecule has 2 aromatic heterocycles. The highest BCUT2D eigenvalue weighted by atomic mass is 16.7. The number of aromatic nitrogens is 3. The Balaban J connectivity index is 1.30. The lowest BCUT2D eigenvalue weighted by Gasteiger charge is -2.33. The third kappa shape index (κ3) is 7.73. The van der Waals surface area contributed by atoms with Crippen LogP contribution in [0.15, 0.2) is 42.6 Å². The average molecular weight is 550 g/mol. The van der Waals surface area contributed by atoms with Gasteiger partial charge in [-0.2, -0.15) is 0 Å². The molecule has 1 amide bonds. The first-order chi connectivity index (χ1) is 19.3. The van der Waals surface area contributed by atoms with Crippen LogP contribution in [0.3, 0.4) is 0 Å². The maximum atomic E-state index is 12.3. The van der Waals surface area contributed by atoms with Crippen molar-refractivity contribution < 1.29 is 29.3 Å². The van der Waals surface area contributed by atoms with Gasteiger partial charge < -0.3 is 29.9 Å². The van der Waals surface area contributed by atoms with Gasteiger partial charge in [-0.3, -0.25) is 14.6 Å². The van der Waals surface area contributed by atoms with E-state index in [0.717, 1.165) is 54.9 Å². The number of anilines is 1. The molecule has 11 nitrogen and oxygen atoms in total. The molecule has 0 bridgehead atoms. The number of carbonyl (C=O) groups excluding carboxylic acids is 1. The fourth-order valence-electron chi connectivity index (χ4n) is 4.69. The molecular weight excluding hydrogens is 514 g/mol. The first-order valence-electron chi connectivity index (χ1n) is 13.3. The molecule has 0 atom stereocenters. The zero-order valence-corrected chi connectivity index (χ0v) is 22.8. The Kier molecular flexibility index (Phi) is 9.98. The molecule has 0 spiro atoms. The van der Waals surface area contributed by atoms with E-state index < -0.39 is 18.4 Å². The highest BCUT2D eigenvalue weighted by Gasteiger charge is 2.23. The molecule has 40 heavy (non-hydrogen) atoms. The Hall–Kier alpha value is -4.09. The molecule has 1 aliphatic rings. The van der Waals surface area contributed by atoms with Crippen LogP contribution in [0.25, 0.3) is 11.3 Å². The smallest absolute Gasteiger partial charge is 0.322 e. The third-order valence-corrected chi connectivity index (χ3v) is 6.89. The second-order valence-electron chi connectivity index (χ2n) is 9.80. The van der Waals surface area contributed by atoms with Crippen LogP contribution in [-0.4, -0.2) is 77.2 Å². The number of methoxy groups -OCH3 is 1. The SMILES string of the molecule is COCOCCc1ccc(-c2ccc(N3CCC(Cc4nc(C)c(O)c(C(=O)NCC(=O)O)n4)CC3)cc2)nc1. The number of rotatable bonds is 12. The van der Waals surface area contributed by atoms with Crippen LogP contribution in [0, 0.1) is 12.8 Å². The van der Waals surface area contributed by atoms with Crippen LogP contribution in [0.2, 0.25) is 0 Å². The molecule has 11 heteroatoms. The monoisotopic (exact) mass is 549 g/mol. The number of nitrogens with zero attached hydrogens (tertiary/aromatic N) is 4. The fraction of sp³-hybridized carbons (Fsp3) is 0.414. The highest BCUT2D eigenvalue weighted by Crippen LogP contribution is 2.28. The van der Waals surface area contributed by atoms with Gasteiger partial charge in [0.25, 0.3) is 5.91 Å². The van der Waals surface area contributed by atoms with E-state index in [0.29, 0.717) is 37.3 Å². The van der Waals surface area contributed by atoms with Crippen molar-refractivity contribution in [3.8, 4) is 17.0 Å². The van der Waals surface area contributed by atoms with E-state index in [-0.39, 0.29) is 11.4 Å². The van der Waals surface area contributed by atoms with Gasteiger partial charge in [0.05, 0.1) is 18.0 Å². The van der Waals surface area contributed by atoms with E-state index in [1.165, 1.54) is 0 Å². The van der Waals surface area contributed by atoms with Crippen molar-refractivity contribution in [2.75, 3.05) is 45.0 Å². The molecule has 3 aromatic rings. The number of piperidine rings is 1. The molecular formula is C29H35N5O6. The molecule has 212 valence electrons. The summed E-state index contributed by atoms with van der Waals surface area (Å²) in [4.78, 5) is 38.6. The lowest BCUT2D eigenvalue weighted by molar-refractivity contribution is -0.135. The van der Waals surface area contributed by atoms with Gasteiger partial charge in [0, 0.05) is 44.1 Å². The van der Waals surface area contributed by atoms with Crippen molar-refractivity contribution in [2.45, 2.75) is 32.6 Å². The van der Waals surface area contributed by atoms with E-state index >= 15 is 0 Å². The second-order valence-corrected chi connectivity index (χ2v) is 9.80. The molecule has 3 heterocycles. The summed E-state index contributed by atoms with van der Waals surface area (Å²) in [7, 11) is 1.61. The number of aromatic hydroxyl groups is 1. The number of carbonyl (C=O) groups is 2. The minimum absolute atomic E-state index is 0.193. The van der Waals surface area contributed by atoms with Crippen LogP contribution in [-0.2, 0) is 27.1 Å². The predicted molar refractivity (Wildman–Crippen MR) is 148 cm³/mol. The van der Waals surface area contributed by atoms with E-state index in [9.17, 15) is 14.7 Å². The second kappa shape index (κ2) is 13.8. The molecule has 0 unspecified atom stereocenters. The summed E-state index contributed by atoms with van der Waals surface area (Å²) in [6.07, 6.45) is 5.11. The molecule has 0 radical (unpaired) electrons. The Labute approximate surface area is 233 Å². The van der Waals surface area contributed by atoms with E-state index in [2.05, 4.69) is 55.5 Å². The molecule has 0 saturated carbocycles. The zero-order chi connectivity index (χ0) is 28.5. The van der Waals surface area contributed by atoms with Crippen molar-refractivity contribution >= 4 is 17.6 Å². The van der Waals surface area contributed by atoms with Crippen LogP contribution in [0.5, 0.6) is 5.75 Å². The number of hydrogen-bond donors (Lipinski definition) is 3. The van der Waals surface area contributed by atoms with Gasteiger partial charge in [0.2, 0.25) is 0 Å². The maximum Gasteiger partial charge on any atom is 0.322 e. The largest absolute Gasteiger partial charge is 0.504 e. The van der Waals surface area contributed by atoms with Gasteiger partial charge in [-0.25, -0.2) is 9.97 Å². The maximum absolute atomic E-state index is 12.3. The van der Waals surface area contributed by atoms with E-state index in [1.807, 2.05) is 12.3 Å². The summed E-state index contributed by atoms with van der Waals surface area (Å²) in [6, 6.07) is 12.5. The predicted octanol–water partition coefficient (Wildman–Crippen LogP) is 2.99. The molecule has 1 saturated heterocycles. The Morgan fingerprint density at radius 2 is 1.85 bits per heavy atom. The van der Waals surface area contributed by atoms with Crippen LogP contribution < -0.4 is 10.2 Å². The number of carboxylic acid groups (broad SMARTS) is 1. The first kappa shape index (κ1) is 28.9. The topological polar surface area (TPSA) is 147 Å². The minimum atomic E-state index is -1.17. The molecule has 1 fully saturated rings. The van der Waals surface area contributed by atoms with Gasteiger partial charge >= 0.3 is 5.97 Å². The third-order valence-electron chi connectivity index (χ3n) is 6.89. The summed E-state index contributed by atoms with van der Waals surface area (Å²) >= 11 is 0. The van der Waals surface area contributed by atoms with Gasteiger partial charge in [0.15, 0.2) is 11.4 Å². The van der Waals surface area contributed by atoms with Gasteiger partial charge in [-0.15, -0.1) is 0 Å². The Morgan fingerprint density at radius 3 is 2.50 bits per heavy atom. The zero-order valence-electron chi connectivity index (χ0n) is 22.8. The first-order valence-corrected chi connectivity index (χ1v) is 13.3. The Bertz CT molecular complexity index is 1290. The number of carboxylic acids is 1. The van der Waals surface area contributed by atoms with Crippen molar-refractivity contribution in [2.24, 2.45) is 5.92 Å². The van der Waals surface area contributed by atoms with Crippen LogP contribution in [0.4, 0.5) is 5.69 Å². The summed E-state index contributed by atoms with van der Waals surface area (Å²) < 4.78 is 10.2. The number of hydrogen-bond acceptors (Lipinski definition) is 9. The normalized spacial score (nSPS) is 13.8. The number of aliphatic carboxylic acids is 1. The summed E-state index contributed by atoms with van der Waals surface area (Å²) in [5.74, 6) is -1.43. The summed E-state index contributed by atoms with van der Waals surface area (Å²) in [5.41, 5.74) is 4.36. The average Bonchev–Trinajstić information content (AvgIpc) is 2.97. The van der Waals surface area contributed by atoms with Gasteiger partial charge in [-0.1, -0.05) is 18.2 Å². The molecule has 1 aliphatic heterocycles. The summed E-state index contributed by atoms with van der Waals surface area (Å²) in [6.45, 7) is 3.69. The van der Waals surface area contributed by atoms with Gasteiger partial charge in [-0.05, 0) is 55.9 Å². The standard InChI is InChI=1S/C29H35N5O6/c1-19-28(37)27(29(38)31-17-26(35)36)33-25(32-19)15-20-9-12-34(13-10-20)23-6-4-22(5-7-23)24-8-3-21(16-30-24)11-14-40-18-39-2/h3-8,16,20,37H,9-15,17-18H2,1-2H3,(H,31,38)(H,35,36). The van der Waals surface area contributed by atoms with Crippen molar-refractivity contribution in [3.63, 3.8) is 0 Å². The number of benzene rings is 1. The molecule has 4 rings (SSSR count). The fourth-order valence-corrected chi connectivity index (χ4v) is 4.69. The van der Waals surface area contributed by atoms with Crippen LogP contribution >= 0.6 is 0 Å². The van der Waals surface area contributed by atoms with Crippen molar-refractivity contribution in [1.29, 1.82) is 0 Å². The van der Waals surface area contributed by atoms with Crippen molar-refractivity contribution in [3.05, 3.63) is 65.4 Å². The highest BCUT2D eigenvalue weighted by molar-refractivity contribution is 5.96. The molecule has 0 aliphatic carbocycles.